The molecule has 0 rings (SSSR count). The van der Waals surface area contributed by atoms with Gasteiger partial charge in [-0.2, -0.15) is 0 Å². The largest absolute Gasteiger partial charge is 0.391 e. The minimum atomic E-state index is -0.367. The minimum absolute atomic E-state index is 0.129. The first-order valence-corrected chi connectivity index (χ1v) is 7.50. The molecule has 104 valence electrons. The van der Waals surface area contributed by atoms with E-state index in [1.165, 1.54) is 0 Å². The molecule has 2 nitrogen and oxygen atoms in total. The fraction of sp³-hybridized carbons (Fsp3) is 1.00. The molecule has 0 spiro atoms. The van der Waals surface area contributed by atoms with Gasteiger partial charge < -0.3 is 9.84 Å². The molecule has 3 unspecified atom stereocenters. The molecule has 0 aliphatic heterocycles. The number of hydrogen-bond acceptors (Lipinski definition) is 2. The number of rotatable bonds is 8. The topological polar surface area (TPSA) is 29.5 Å². The van der Waals surface area contributed by atoms with E-state index in [4.69, 9.17) is 4.74 Å². The Morgan fingerprint density at radius 1 is 1.24 bits per heavy atom. The lowest BCUT2D eigenvalue weighted by Gasteiger charge is -2.35. The van der Waals surface area contributed by atoms with Crippen LogP contribution in [0.3, 0.4) is 0 Å². The van der Waals surface area contributed by atoms with Crippen LogP contribution in [0.1, 0.15) is 54.4 Å². The van der Waals surface area contributed by atoms with Crippen LogP contribution in [0.4, 0.5) is 0 Å². The van der Waals surface area contributed by atoms with E-state index in [2.05, 4.69) is 50.8 Å². The van der Waals surface area contributed by atoms with E-state index in [-0.39, 0.29) is 17.1 Å². The van der Waals surface area contributed by atoms with Gasteiger partial charge in [0.05, 0.1) is 18.3 Å². The second kappa shape index (κ2) is 7.07. The molecular formula is C14H31O2P. The summed E-state index contributed by atoms with van der Waals surface area (Å²) in [6.45, 7) is 13.3. The van der Waals surface area contributed by atoms with Gasteiger partial charge in [-0.25, -0.2) is 0 Å². The van der Waals surface area contributed by atoms with Crippen LogP contribution in [0.2, 0.25) is 0 Å². The molecular weight excluding hydrogens is 231 g/mol. The van der Waals surface area contributed by atoms with E-state index in [0.29, 0.717) is 12.5 Å². The third kappa shape index (κ3) is 6.18. The Morgan fingerprint density at radius 2 is 1.76 bits per heavy atom. The van der Waals surface area contributed by atoms with Crippen LogP contribution in [-0.2, 0) is 4.74 Å². The minimum Gasteiger partial charge on any atom is -0.391 e. The van der Waals surface area contributed by atoms with Crippen molar-refractivity contribution in [3.05, 3.63) is 0 Å². The standard InChI is InChI=1S/C14H31O2P/c1-7-13(4,5)16-9-12(15)8-14(6,10-17)11(2)3/h11-12,15H,7-10,17H2,1-6H3. The molecule has 0 aliphatic carbocycles. The summed E-state index contributed by atoms with van der Waals surface area (Å²) >= 11 is 0. The molecule has 3 heteroatoms. The van der Waals surface area contributed by atoms with Crippen molar-refractivity contribution < 1.29 is 9.84 Å². The fourth-order valence-corrected chi connectivity index (χ4v) is 2.21. The smallest absolute Gasteiger partial charge is 0.0779 e. The lowest BCUT2D eigenvalue weighted by Crippen LogP contribution is -2.35. The van der Waals surface area contributed by atoms with Crippen molar-refractivity contribution in [2.75, 3.05) is 12.8 Å². The van der Waals surface area contributed by atoms with Gasteiger partial charge >= 0.3 is 0 Å². The summed E-state index contributed by atoms with van der Waals surface area (Å²) in [7, 11) is 2.80. The van der Waals surface area contributed by atoms with Gasteiger partial charge in [-0.05, 0) is 44.2 Å². The summed E-state index contributed by atoms with van der Waals surface area (Å²) in [4.78, 5) is 0. The van der Waals surface area contributed by atoms with Crippen molar-refractivity contribution in [3.63, 3.8) is 0 Å². The quantitative estimate of drug-likeness (QED) is 0.679. The molecule has 0 bridgehead atoms. The van der Waals surface area contributed by atoms with E-state index in [0.717, 1.165) is 19.0 Å². The molecule has 17 heavy (non-hydrogen) atoms. The Bertz CT molecular complexity index is 216. The number of ether oxygens (including phenoxy) is 1. The summed E-state index contributed by atoms with van der Waals surface area (Å²) < 4.78 is 5.75. The third-order valence-corrected chi connectivity index (χ3v) is 5.01. The molecule has 0 amide bonds. The molecule has 0 aromatic rings. The van der Waals surface area contributed by atoms with E-state index in [1.807, 2.05) is 0 Å². The molecule has 0 aliphatic rings. The molecule has 0 heterocycles. The second-order valence-corrected chi connectivity index (χ2v) is 6.70. The lowest BCUT2D eigenvalue weighted by molar-refractivity contribution is -0.0716. The zero-order chi connectivity index (χ0) is 13.7. The van der Waals surface area contributed by atoms with E-state index >= 15 is 0 Å². The van der Waals surface area contributed by atoms with Crippen molar-refractivity contribution in [1.82, 2.24) is 0 Å². The zero-order valence-corrected chi connectivity index (χ0v) is 13.6. The third-order valence-electron chi connectivity index (χ3n) is 4.08. The predicted molar refractivity (Wildman–Crippen MR) is 78.5 cm³/mol. The molecule has 0 aromatic heterocycles. The summed E-state index contributed by atoms with van der Waals surface area (Å²) in [5.41, 5.74) is 0.0416. The van der Waals surface area contributed by atoms with Crippen molar-refractivity contribution in [1.29, 1.82) is 0 Å². The summed E-state index contributed by atoms with van der Waals surface area (Å²) in [5, 5.41) is 10.1. The van der Waals surface area contributed by atoms with Gasteiger partial charge in [0.2, 0.25) is 0 Å². The lowest BCUT2D eigenvalue weighted by atomic mass is 9.76. The van der Waals surface area contributed by atoms with Crippen LogP contribution in [0.15, 0.2) is 0 Å². The van der Waals surface area contributed by atoms with Crippen LogP contribution < -0.4 is 0 Å². The normalized spacial score (nSPS) is 18.2. The monoisotopic (exact) mass is 262 g/mol. The maximum atomic E-state index is 10.1. The second-order valence-electron chi connectivity index (χ2n) is 6.30. The molecule has 1 N–H and O–H groups in total. The van der Waals surface area contributed by atoms with Crippen LogP contribution in [0, 0.1) is 11.3 Å². The summed E-state index contributed by atoms with van der Waals surface area (Å²) in [6, 6.07) is 0. The van der Waals surface area contributed by atoms with Gasteiger partial charge in [-0.1, -0.05) is 27.7 Å². The van der Waals surface area contributed by atoms with Gasteiger partial charge in [0.15, 0.2) is 0 Å². The Labute approximate surface area is 110 Å². The Balaban J connectivity index is 4.21. The maximum absolute atomic E-state index is 10.1. The number of hydrogen-bond donors (Lipinski definition) is 1. The first kappa shape index (κ1) is 17.4. The number of aliphatic hydroxyl groups excluding tert-OH is 1. The molecule has 0 fully saturated rings. The highest BCUT2D eigenvalue weighted by Crippen LogP contribution is 2.34. The van der Waals surface area contributed by atoms with Gasteiger partial charge in [0, 0.05) is 0 Å². The van der Waals surface area contributed by atoms with Gasteiger partial charge in [0.25, 0.3) is 0 Å². The zero-order valence-electron chi connectivity index (χ0n) is 12.4. The summed E-state index contributed by atoms with van der Waals surface area (Å²) in [5.74, 6) is 0.564. The highest BCUT2D eigenvalue weighted by atomic mass is 31.0. The average molecular weight is 262 g/mol. The van der Waals surface area contributed by atoms with Gasteiger partial charge in [-0.15, -0.1) is 9.24 Å². The van der Waals surface area contributed by atoms with E-state index in [9.17, 15) is 5.11 Å². The number of aliphatic hydroxyl groups is 1. The highest BCUT2D eigenvalue weighted by molar-refractivity contribution is 7.16. The van der Waals surface area contributed by atoms with E-state index < -0.39 is 0 Å². The first-order chi connectivity index (χ1) is 7.67. The first-order valence-electron chi connectivity index (χ1n) is 6.69. The highest BCUT2D eigenvalue weighted by Gasteiger charge is 2.30. The summed E-state index contributed by atoms with van der Waals surface area (Å²) in [6.07, 6.45) is 2.41. The van der Waals surface area contributed by atoms with Crippen molar-refractivity contribution in [2.45, 2.75) is 66.1 Å². The van der Waals surface area contributed by atoms with Crippen LogP contribution in [0.25, 0.3) is 0 Å². The molecule has 0 radical (unpaired) electrons. The molecule has 0 aromatic carbocycles. The van der Waals surface area contributed by atoms with Crippen molar-refractivity contribution in [3.8, 4) is 0 Å². The Morgan fingerprint density at radius 3 is 2.12 bits per heavy atom. The molecule has 3 atom stereocenters. The van der Waals surface area contributed by atoms with Crippen LogP contribution in [-0.4, -0.2) is 29.6 Å². The van der Waals surface area contributed by atoms with Gasteiger partial charge in [-0.3, -0.25) is 0 Å². The molecule has 0 saturated carbocycles. The Kier molecular flexibility index (Phi) is 7.21. The van der Waals surface area contributed by atoms with Gasteiger partial charge in [0.1, 0.15) is 0 Å². The SMILES string of the molecule is CCC(C)(C)OCC(O)CC(C)(CP)C(C)C. The van der Waals surface area contributed by atoms with Crippen LogP contribution >= 0.6 is 9.24 Å². The Hall–Kier alpha value is 0.350. The van der Waals surface area contributed by atoms with Crippen molar-refractivity contribution in [2.24, 2.45) is 11.3 Å². The maximum Gasteiger partial charge on any atom is 0.0779 e. The molecule has 0 saturated heterocycles. The fourth-order valence-electron chi connectivity index (χ4n) is 1.58. The van der Waals surface area contributed by atoms with Crippen molar-refractivity contribution >= 4 is 9.24 Å². The van der Waals surface area contributed by atoms with Crippen LogP contribution in [0.5, 0.6) is 0 Å². The van der Waals surface area contributed by atoms with E-state index in [1.54, 1.807) is 0 Å². The predicted octanol–water partition coefficient (Wildman–Crippen LogP) is 3.48. The average Bonchev–Trinajstić information content (AvgIpc) is 2.26.